The maximum atomic E-state index is 12.8. The van der Waals surface area contributed by atoms with E-state index in [0.29, 0.717) is 18.3 Å². The van der Waals surface area contributed by atoms with Gasteiger partial charge in [-0.05, 0) is 71.0 Å². The first-order valence-corrected chi connectivity index (χ1v) is 9.37. The normalized spacial score (nSPS) is 17.9. The number of rotatable bonds is 3. The predicted octanol–water partition coefficient (Wildman–Crippen LogP) is 5.00. The van der Waals surface area contributed by atoms with Crippen LogP contribution in [0.5, 0.6) is 0 Å². The van der Waals surface area contributed by atoms with Crippen molar-refractivity contribution in [3.05, 3.63) is 44.8 Å². The molecule has 1 aliphatic carbocycles. The van der Waals surface area contributed by atoms with Crippen molar-refractivity contribution < 1.29 is 4.79 Å². The van der Waals surface area contributed by atoms with Gasteiger partial charge in [0.05, 0.1) is 22.6 Å². The van der Waals surface area contributed by atoms with Gasteiger partial charge in [-0.15, -0.1) is 0 Å². The van der Waals surface area contributed by atoms with E-state index in [9.17, 15) is 4.79 Å². The minimum atomic E-state index is 0.258. The summed E-state index contributed by atoms with van der Waals surface area (Å²) in [4.78, 5) is 12.8. The molecule has 0 saturated heterocycles. The molecular formula is C19H23IN2O. The first-order chi connectivity index (χ1) is 10.9. The van der Waals surface area contributed by atoms with Gasteiger partial charge in [0.2, 0.25) is 0 Å². The fraction of sp³-hybridized carbons (Fsp3) is 0.474. The van der Waals surface area contributed by atoms with Crippen molar-refractivity contribution in [3.8, 4) is 5.69 Å². The molecule has 0 radical (unpaired) electrons. The minimum Gasteiger partial charge on any atom is -0.294 e. The smallest absolute Gasteiger partial charge is 0.166 e. The van der Waals surface area contributed by atoms with E-state index < -0.39 is 0 Å². The fourth-order valence-electron chi connectivity index (χ4n) is 3.30. The van der Waals surface area contributed by atoms with Gasteiger partial charge in [0.15, 0.2) is 5.78 Å². The summed E-state index contributed by atoms with van der Waals surface area (Å²) in [5.74, 6) is 1.45. The van der Waals surface area contributed by atoms with E-state index >= 15 is 0 Å². The largest absolute Gasteiger partial charge is 0.294 e. The Morgan fingerprint density at radius 1 is 1.13 bits per heavy atom. The van der Waals surface area contributed by atoms with E-state index in [4.69, 9.17) is 5.10 Å². The number of hydrogen-bond acceptors (Lipinski definition) is 2. The molecule has 1 aliphatic rings. The molecule has 2 aromatic rings. The lowest BCUT2D eigenvalue weighted by Gasteiger charge is -2.26. The molecule has 0 fully saturated rings. The second-order valence-corrected chi connectivity index (χ2v) is 8.33. The van der Waals surface area contributed by atoms with E-state index in [2.05, 4.69) is 74.6 Å². The quantitative estimate of drug-likeness (QED) is 0.653. The third kappa shape index (κ3) is 3.10. The Hall–Kier alpha value is -1.17. The number of nitrogens with zero attached hydrogens (tertiary/aromatic N) is 2. The van der Waals surface area contributed by atoms with Crippen LogP contribution in [0.2, 0.25) is 0 Å². The summed E-state index contributed by atoms with van der Waals surface area (Å²) < 4.78 is 3.21. The molecule has 1 unspecified atom stereocenters. The molecule has 0 bridgehead atoms. The highest BCUT2D eigenvalue weighted by atomic mass is 127. The molecule has 1 aromatic carbocycles. The molecule has 0 saturated carbocycles. The van der Waals surface area contributed by atoms with Crippen LogP contribution in [0.25, 0.3) is 5.69 Å². The van der Waals surface area contributed by atoms with Crippen molar-refractivity contribution in [1.82, 2.24) is 9.78 Å². The summed E-state index contributed by atoms with van der Waals surface area (Å²) in [6, 6.07) is 8.35. The summed E-state index contributed by atoms with van der Waals surface area (Å²) in [5, 5.41) is 4.83. The number of ketones is 1. The van der Waals surface area contributed by atoms with Crippen LogP contribution in [0.15, 0.2) is 24.3 Å². The molecule has 0 spiro atoms. The Morgan fingerprint density at radius 2 is 1.78 bits per heavy atom. The molecular weight excluding hydrogens is 399 g/mol. The number of Topliss-reactive ketones (excluding diaryl/α,β-unsaturated/α-hetero) is 1. The first-order valence-electron chi connectivity index (χ1n) is 8.29. The van der Waals surface area contributed by atoms with E-state index in [1.165, 1.54) is 3.57 Å². The Labute approximate surface area is 151 Å². The second kappa shape index (κ2) is 6.38. The molecule has 1 heterocycles. The third-order valence-corrected chi connectivity index (χ3v) is 5.47. The predicted molar refractivity (Wildman–Crippen MR) is 101 cm³/mol. The highest BCUT2D eigenvalue weighted by Gasteiger charge is 2.34. The van der Waals surface area contributed by atoms with E-state index in [1.54, 1.807) is 0 Å². The van der Waals surface area contributed by atoms with Crippen LogP contribution in [0.3, 0.4) is 0 Å². The van der Waals surface area contributed by atoms with Gasteiger partial charge in [0.25, 0.3) is 0 Å². The van der Waals surface area contributed by atoms with E-state index in [1.807, 2.05) is 4.68 Å². The molecule has 4 heteroatoms. The number of carbonyl (C=O) groups excluding carboxylic acids is 1. The van der Waals surface area contributed by atoms with Crippen molar-refractivity contribution in [1.29, 1.82) is 0 Å². The van der Waals surface area contributed by atoms with Gasteiger partial charge in [-0.25, -0.2) is 4.68 Å². The number of fused-ring (bicyclic) bond motifs is 1. The van der Waals surface area contributed by atoms with E-state index in [0.717, 1.165) is 29.1 Å². The highest BCUT2D eigenvalue weighted by Crippen LogP contribution is 2.35. The van der Waals surface area contributed by atoms with E-state index in [-0.39, 0.29) is 11.7 Å². The lowest BCUT2D eigenvalue weighted by molar-refractivity contribution is 0.0931. The third-order valence-electron chi connectivity index (χ3n) is 4.75. The summed E-state index contributed by atoms with van der Waals surface area (Å²) in [5.41, 5.74) is 3.98. The topological polar surface area (TPSA) is 34.9 Å². The molecule has 0 amide bonds. The Bertz CT molecular complexity index is 729. The maximum absolute atomic E-state index is 12.8. The van der Waals surface area contributed by atoms with Crippen LogP contribution in [-0.4, -0.2) is 15.6 Å². The number of halogens is 1. The molecule has 3 rings (SSSR count). The van der Waals surface area contributed by atoms with Crippen molar-refractivity contribution >= 4 is 28.4 Å². The van der Waals surface area contributed by atoms with Crippen LogP contribution in [0.1, 0.15) is 61.8 Å². The summed E-state index contributed by atoms with van der Waals surface area (Å²) in [7, 11) is 0. The van der Waals surface area contributed by atoms with Crippen molar-refractivity contribution in [2.24, 2.45) is 11.8 Å². The molecule has 0 N–H and O–H groups in total. The number of carbonyl (C=O) groups is 1. The van der Waals surface area contributed by atoms with Crippen molar-refractivity contribution in [2.45, 2.75) is 46.5 Å². The standard InChI is InChI=1S/C19H23IN2O/c1-11(2)13-9-16-18(17(23)10-13)19(12(3)4)21-22(16)15-7-5-14(20)6-8-15/h5-8,11-13H,9-10H2,1-4H3. The van der Waals surface area contributed by atoms with Crippen molar-refractivity contribution in [2.75, 3.05) is 0 Å². The van der Waals surface area contributed by atoms with Gasteiger partial charge in [0.1, 0.15) is 0 Å². The maximum Gasteiger partial charge on any atom is 0.166 e. The van der Waals surface area contributed by atoms with Crippen LogP contribution >= 0.6 is 22.6 Å². The molecule has 3 nitrogen and oxygen atoms in total. The van der Waals surface area contributed by atoms with Crippen LogP contribution in [0, 0.1) is 15.4 Å². The fourth-order valence-corrected chi connectivity index (χ4v) is 3.66. The van der Waals surface area contributed by atoms with Crippen molar-refractivity contribution in [3.63, 3.8) is 0 Å². The lowest BCUT2D eigenvalue weighted by atomic mass is 9.79. The van der Waals surface area contributed by atoms with Gasteiger partial charge in [-0.1, -0.05) is 27.7 Å². The zero-order valence-electron chi connectivity index (χ0n) is 14.1. The zero-order valence-corrected chi connectivity index (χ0v) is 16.3. The van der Waals surface area contributed by atoms with Crippen LogP contribution in [-0.2, 0) is 6.42 Å². The van der Waals surface area contributed by atoms with Crippen LogP contribution in [0.4, 0.5) is 0 Å². The van der Waals surface area contributed by atoms with Gasteiger partial charge in [0, 0.05) is 9.99 Å². The number of aromatic nitrogens is 2. The molecule has 1 atom stereocenters. The Balaban J connectivity index is 2.16. The van der Waals surface area contributed by atoms with Gasteiger partial charge in [-0.3, -0.25) is 4.79 Å². The van der Waals surface area contributed by atoms with Gasteiger partial charge >= 0.3 is 0 Å². The molecule has 122 valence electrons. The second-order valence-electron chi connectivity index (χ2n) is 7.09. The molecule has 23 heavy (non-hydrogen) atoms. The van der Waals surface area contributed by atoms with Gasteiger partial charge in [-0.2, -0.15) is 5.10 Å². The highest BCUT2D eigenvalue weighted by molar-refractivity contribution is 14.1. The first kappa shape index (κ1) is 16.7. The zero-order chi connectivity index (χ0) is 16.7. The lowest BCUT2D eigenvalue weighted by Crippen LogP contribution is -2.25. The van der Waals surface area contributed by atoms with Crippen LogP contribution < -0.4 is 0 Å². The molecule has 1 aromatic heterocycles. The monoisotopic (exact) mass is 422 g/mol. The SMILES string of the molecule is CC(C)c1nn(-c2ccc(I)cc2)c2c1C(=O)CC(C(C)C)C2. The average molecular weight is 422 g/mol. The Morgan fingerprint density at radius 3 is 2.35 bits per heavy atom. The summed E-state index contributed by atoms with van der Waals surface area (Å²) in [6.45, 7) is 8.64. The summed E-state index contributed by atoms with van der Waals surface area (Å²) in [6.07, 6.45) is 1.59. The number of benzene rings is 1. The molecule has 0 aliphatic heterocycles. The number of hydrogen-bond donors (Lipinski definition) is 0. The van der Waals surface area contributed by atoms with Gasteiger partial charge < -0.3 is 0 Å². The summed E-state index contributed by atoms with van der Waals surface area (Å²) >= 11 is 2.31. The Kier molecular flexibility index (Phi) is 4.63. The minimum absolute atomic E-state index is 0.258. The average Bonchev–Trinajstić information content (AvgIpc) is 2.88.